The van der Waals surface area contributed by atoms with Crippen molar-refractivity contribution < 1.29 is 19.4 Å². The van der Waals surface area contributed by atoms with Crippen molar-refractivity contribution in [2.24, 2.45) is 0 Å². The summed E-state index contributed by atoms with van der Waals surface area (Å²) in [5.41, 5.74) is 1.50. The van der Waals surface area contributed by atoms with E-state index >= 15 is 0 Å². The van der Waals surface area contributed by atoms with E-state index in [0.717, 1.165) is 24.9 Å². The number of nitrogens with zero attached hydrogens (tertiary/aromatic N) is 1. The Labute approximate surface area is 118 Å². The van der Waals surface area contributed by atoms with Gasteiger partial charge in [-0.1, -0.05) is 0 Å². The first-order valence-electron chi connectivity index (χ1n) is 6.89. The van der Waals surface area contributed by atoms with E-state index in [1.165, 1.54) is 0 Å². The minimum absolute atomic E-state index is 0.0353. The lowest BCUT2D eigenvalue weighted by Gasteiger charge is -2.37. The number of hydrogen-bond donors (Lipinski definition) is 1. The van der Waals surface area contributed by atoms with Crippen LogP contribution in [0.15, 0.2) is 12.1 Å². The number of benzene rings is 1. The molecule has 1 aromatic carbocycles. The van der Waals surface area contributed by atoms with E-state index in [2.05, 4.69) is 0 Å². The molecule has 1 amide bonds. The molecule has 108 valence electrons. The van der Waals surface area contributed by atoms with Gasteiger partial charge in [0.05, 0.1) is 20.8 Å². The zero-order chi connectivity index (χ0) is 14.3. The first-order chi connectivity index (χ1) is 9.71. The molecule has 1 fully saturated rings. The van der Waals surface area contributed by atoms with Crippen molar-refractivity contribution in [2.75, 3.05) is 27.4 Å². The van der Waals surface area contributed by atoms with Gasteiger partial charge in [-0.3, -0.25) is 4.79 Å². The van der Waals surface area contributed by atoms with E-state index < -0.39 is 0 Å². The third kappa shape index (κ3) is 1.77. The highest BCUT2D eigenvalue weighted by atomic mass is 16.5. The average Bonchev–Trinajstić information content (AvgIpc) is 2.96. The highest BCUT2D eigenvalue weighted by Crippen LogP contribution is 2.42. The zero-order valence-corrected chi connectivity index (χ0v) is 11.8. The van der Waals surface area contributed by atoms with Gasteiger partial charge in [0.1, 0.15) is 0 Å². The van der Waals surface area contributed by atoms with Crippen LogP contribution in [0.1, 0.15) is 34.7 Å². The molecule has 2 heterocycles. The maximum atomic E-state index is 12.6. The Kier molecular flexibility index (Phi) is 3.30. The van der Waals surface area contributed by atoms with E-state index in [0.29, 0.717) is 17.1 Å². The smallest absolute Gasteiger partial charge is 0.254 e. The second-order valence-electron chi connectivity index (χ2n) is 5.29. The molecule has 1 N–H and O–H groups in total. The number of carbonyl (C=O) groups excluding carboxylic acids is 1. The number of rotatable bonds is 3. The van der Waals surface area contributed by atoms with Gasteiger partial charge in [-0.05, 0) is 30.5 Å². The number of amides is 1. The van der Waals surface area contributed by atoms with Crippen LogP contribution >= 0.6 is 0 Å². The number of aliphatic hydroxyl groups excluding tert-OH is 1. The van der Waals surface area contributed by atoms with Crippen LogP contribution in [0.25, 0.3) is 0 Å². The first-order valence-corrected chi connectivity index (χ1v) is 6.89. The summed E-state index contributed by atoms with van der Waals surface area (Å²) < 4.78 is 10.6. The Balaban J connectivity index is 2.15. The summed E-state index contributed by atoms with van der Waals surface area (Å²) >= 11 is 0. The Bertz CT molecular complexity index is 543. The molecule has 1 aromatic rings. The second-order valence-corrected chi connectivity index (χ2v) is 5.29. The SMILES string of the molecule is COc1cc2c(cc1OC)C(CO)C1CCCN1C2=O. The van der Waals surface area contributed by atoms with Crippen LogP contribution in [0.3, 0.4) is 0 Å². The van der Waals surface area contributed by atoms with Crippen LogP contribution in [0.2, 0.25) is 0 Å². The molecular formula is C15H19NO4. The molecule has 2 atom stereocenters. The van der Waals surface area contributed by atoms with E-state index in [9.17, 15) is 9.90 Å². The van der Waals surface area contributed by atoms with Crippen LogP contribution in [-0.4, -0.2) is 49.3 Å². The molecule has 2 aliphatic rings. The lowest BCUT2D eigenvalue weighted by atomic mass is 9.83. The number of methoxy groups -OCH3 is 2. The Morgan fingerprint density at radius 1 is 1.30 bits per heavy atom. The van der Waals surface area contributed by atoms with E-state index in [1.807, 2.05) is 11.0 Å². The molecule has 5 nitrogen and oxygen atoms in total. The molecule has 2 aliphatic heterocycles. The quantitative estimate of drug-likeness (QED) is 0.907. The standard InChI is InChI=1S/C15H19NO4/c1-19-13-6-9-10(7-14(13)20-2)15(18)16-5-3-4-12(16)11(9)8-17/h6-7,11-12,17H,3-5,8H2,1-2H3. The first kappa shape index (κ1) is 13.2. The van der Waals surface area contributed by atoms with Crippen LogP contribution in [0.4, 0.5) is 0 Å². The van der Waals surface area contributed by atoms with Gasteiger partial charge in [0.25, 0.3) is 5.91 Å². The summed E-state index contributed by atoms with van der Waals surface area (Å²) in [5, 5.41) is 9.75. The van der Waals surface area contributed by atoms with Gasteiger partial charge >= 0.3 is 0 Å². The summed E-state index contributed by atoms with van der Waals surface area (Å²) in [7, 11) is 3.13. The fourth-order valence-corrected chi connectivity index (χ4v) is 3.43. The van der Waals surface area contributed by atoms with E-state index in [1.54, 1.807) is 20.3 Å². The molecule has 3 rings (SSSR count). The summed E-state index contributed by atoms with van der Waals surface area (Å²) in [6.07, 6.45) is 1.94. The number of ether oxygens (including phenoxy) is 2. The lowest BCUT2D eigenvalue weighted by Crippen LogP contribution is -2.45. The second kappa shape index (κ2) is 4.98. The Morgan fingerprint density at radius 2 is 2.00 bits per heavy atom. The van der Waals surface area contributed by atoms with Crippen molar-refractivity contribution in [2.45, 2.75) is 24.8 Å². The topological polar surface area (TPSA) is 59.0 Å². The normalized spacial score (nSPS) is 24.4. The van der Waals surface area contributed by atoms with Gasteiger partial charge in [-0.25, -0.2) is 0 Å². The highest BCUT2D eigenvalue weighted by Gasteiger charge is 2.42. The van der Waals surface area contributed by atoms with Crippen molar-refractivity contribution in [3.8, 4) is 11.5 Å². The predicted octanol–water partition coefficient (Wildman–Crippen LogP) is 1.40. The maximum Gasteiger partial charge on any atom is 0.254 e. The summed E-state index contributed by atoms with van der Waals surface area (Å²) in [5.74, 6) is 1.15. The van der Waals surface area contributed by atoms with Crippen molar-refractivity contribution >= 4 is 5.91 Å². The minimum atomic E-state index is -0.0370. The monoisotopic (exact) mass is 277 g/mol. The molecule has 0 saturated carbocycles. The Morgan fingerprint density at radius 3 is 2.65 bits per heavy atom. The minimum Gasteiger partial charge on any atom is -0.493 e. The molecule has 0 aliphatic carbocycles. The van der Waals surface area contributed by atoms with Crippen molar-refractivity contribution in [3.63, 3.8) is 0 Å². The largest absolute Gasteiger partial charge is 0.493 e. The number of carbonyl (C=O) groups is 1. The fourth-order valence-electron chi connectivity index (χ4n) is 3.43. The van der Waals surface area contributed by atoms with Crippen LogP contribution in [0, 0.1) is 0 Å². The lowest BCUT2D eigenvalue weighted by molar-refractivity contribution is 0.0652. The van der Waals surface area contributed by atoms with Gasteiger partial charge in [-0.15, -0.1) is 0 Å². The van der Waals surface area contributed by atoms with Crippen LogP contribution < -0.4 is 9.47 Å². The summed E-state index contributed by atoms with van der Waals surface area (Å²) in [4.78, 5) is 14.5. The molecular weight excluding hydrogens is 258 g/mol. The highest BCUT2D eigenvalue weighted by molar-refractivity contribution is 5.98. The fraction of sp³-hybridized carbons (Fsp3) is 0.533. The molecule has 20 heavy (non-hydrogen) atoms. The predicted molar refractivity (Wildman–Crippen MR) is 73.4 cm³/mol. The molecule has 1 saturated heterocycles. The van der Waals surface area contributed by atoms with E-state index in [-0.39, 0.29) is 24.5 Å². The molecule has 0 radical (unpaired) electrons. The molecule has 2 unspecified atom stereocenters. The summed E-state index contributed by atoms with van der Waals surface area (Å²) in [6, 6.07) is 3.68. The van der Waals surface area contributed by atoms with E-state index in [4.69, 9.17) is 9.47 Å². The maximum absolute atomic E-state index is 12.6. The van der Waals surface area contributed by atoms with Gasteiger partial charge in [0, 0.05) is 24.1 Å². The van der Waals surface area contributed by atoms with Crippen molar-refractivity contribution in [1.29, 1.82) is 0 Å². The molecule has 0 bridgehead atoms. The third-order valence-electron chi connectivity index (χ3n) is 4.41. The van der Waals surface area contributed by atoms with Gasteiger partial charge in [-0.2, -0.15) is 0 Å². The van der Waals surface area contributed by atoms with Gasteiger partial charge in [0.2, 0.25) is 0 Å². The van der Waals surface area contributed by atoms with Gasteiger partial charge < -0.3 is 19.5 Å². The van der Waals surface area contributed by atoms with Crippen molar-refractivity contribution in [3.05, 3.63) is 23.3 Å². The number of aliphatic hydroxyl groups is 1. The number of fused-ring (bicyclic) bond motifs is 2. The Hall–Kier alpha value is -1.75. The average molecular weight is 277 g/mol. The number of hydrogen-bond acceptors (Lipinski definition) is 4. The molecule has 5 heteroatoms. The van der Waals surface area contributed by atoms with Gasteiger partial charge in [0.15, 0.2) is 11.5 Å². The molecule has 0 aromatic heterocycles. The summed E-state index contributed by atoms with van der Waals surface area (Å²) in [6.45, 7) is 0.810. The molecule has 0 spiro atoms. The third-order valence-corrected chi connectivity index (χ3v) is 4.41. The zero-order valence-electron chi connectivity index (χ0n) is 11.8. The van der Waals surface area contributed by atoms with Crippen LogP contribution in [0.5, 0.6) is 11.5 Å². The van der Waals surface area contributed by atoms with Crippen molar-refractivity contribution in [1.82, 2.24) is 4.90 Å². The van der Waals surface area contributed by atoms with Crippen LogP contribution in [-0.2, 0) is 0 Å².